The Morgan fingerprint density at radius 3 is 2.94 bits per heavy atom. The van der Waals surface area contributed by atoms with Crippen LogP contribution in [0, 0.1) is 0 Å². The molecule has 1 N–H and O–H groups in total. The SMILES string of the molecule is COCCCCNc1cc(Cl)nc(SC)n1. The minimum absolute atomic E-state index is 0.471. The molecule has 90 valence electrons. The quantitative estimate of drug-likeness (QED) is 0.354. The first-order chi connectivity index (χ1) is 7.76. The molecular weight excluding hydrogens is 246 g/mol. The molecule has 0 unspecified atom stereocenters. The smallest absolute Gasteiger partial charge is 0.190 e. The molecule has 0 bridgehead atoms. The van der Waals surface area contributed by atoms with E-state index in [1.54, 1.807) is 13.2 Å². The van der Waals surface area contributed by atoms with Crippen LogP contribution in [0.5, 0.6) is 0 Å². The number of nitrogens with zero attached hydrogens (tertiary/aromatic N) is 2. The van der Waals surface area contributed by atoms with Crippen molar-refractivity contribution in [1.29, 1.82) is 0 Å². The fraction of sp³-hybridized carbons (Fsp3) is 0.600. The van der Waals surface area contributed by atoms with E-state index in [4.69, 9.17) is 16.3 Å². The molecule has 1 aromatic rings. The second-order valence-corrected chi connectivity index (χ2v) is 4.35. The highest BCUT2D eigenvalue weighted by Crippen LogP contribution is 2.17. The number of aromatic nitrogens is 2. The maximum Gasteiger partial charge on any atom is 0.190 e. The Labute approximate surface area is 105 Å². The molecule has 1 aromatic heterocycles. The second kappa shape index (κ2) is 7.70. The van der Waals surface area contributed by atoms with Crippen molar-refractivity contribution in [1.82, 2.24) is 9.97 Å². The molecule has 0 aliphatic carbocycles. The molecule has 0 spiro atoms. The van der Waals surface area contributed by atoms with Gasteiger partial charge < -0.3 is 10.1 Å². The van der Waals surface area contributed by atoms with Crippen molar-refractivity contribution in [2.75, 3.05) is 31.8 Å². The third kappa shape index (κ3) is 5.01. The van der Waals surface area contributed by atoms with Crippen LogP contribution in [0.2, 0.25) is 5.15 Å². The number of unbranched alkanes of at least 4 members (excludes halogenated alkanes) is 1. The number of nitrogens with one attached hydrogen (secondary N) is 1. The van der Waals surface area contributed by atoms with E-state index in [9.17, 15) is 0 Å². The predicted molar refractivity (Wildman–Crippen MR) is 68.4 cm³/mol. The predicted octanol–water partition coefficient (Wildman–Crippen LogP) is 2.69. The first kappa shape index (κ1) is 13.5. The lowest BCUT2D eigenvalue weighted by Crippen LogP contribution is -2.05. The zero-order chi connectivity index (χ0) is 11.8. The maximum absolute atomic E-state index is 5.87. The average molecular weight is 262 g/mol. The van der Waals surface area contributed by atoms with Crippen molar-refractivity contribution >= 4 is 29.2 Å². The van der Waals surface area contributed by atoms with Crippen molar-refractivity contribution in [3.8, 4) is 0 Å². The molecule has 0 saturated carbocycles. The van der Waals surface area contributed by atoms with E-state index in [-0.39, 0.29) is 0 Å². The van der Waals surface area contributed by atoms with Crippen LogP contribution in [0.25, 0.3) is 0 Å². The lowest BCUT2D eigenvalue weighted by atomic mass is 10.3. The molecule has 6 heteroatoms. The lowest BCUT2D eigenvalue weighted by Gasteiger charge is -2.06. The first-order valence-corrected chi connectivity index (χ1v) is 6.68. The van der Waals surface area contributed by atoms with Crippen molar-refractivity contribution in [2.45, 2.75) is 18.0 Å². The van der Waals surface area contributed by atoms with Crippen LogP contribution in [0.1, 0.15) is 12.8 Å². The van der Waals surface area contributed by atoms with Crippen LogP contribution in [-0.4, -0.2) is 36.5 Å². The third-order valence-corrected chi connectivity index (χ3v) is 2.68. The molecule has 4 nitrogen and oxygen atoms in total. The van der Waals surface area contributed by atoms with Crippen LogP contribution in [-0.2, 0) is 4.74 Å². The molecule has 16 heavy (non-hydrogen) atoms. The summed E-state index contributed by atoms with van der Waals surface area (Å²) in [6, 6.07) is 1.73. The number of thioether (sulfide) groups is 1. The first-order valence-electron chi connectivity index (χ1n) is 5.07. The fourth-order valence-electron chi connectivity index (χ4n) is 1.17. The summed E-state index contributed by atoms with van der Waals surface area (Å²) in [5.74, 6) is 0.779. The summed E-state index contributed by atoms with van der Waals surface area (Å²) in [7, 11) is 1.71. The Morgan fingerprint density at radius 1 is 1.44 bits per heavy atom. The number of rotatable bonds is 7. The van der Waals surface area contributed by atoms with Crippen LogP contribution in [0.3, 0.4) is 0 Å². The van der Waals surface area contributed by atoms with Crippen LogP contribution in [0.4, 0.5) is 5.82 Å². The Hall–Kier alpha value is -0.520. The summed E-state index contributed by atoms with van der Waals surface area (Å²) in [6.07, 6.45) is 4.01. The molecule has 0 saturated heterocycles. The third-order valence-electron chi connectivity index (χ3n) is 1.94. The Morgan fingerprint density at radius 2 is 2.25 bits per heavy atom. The van der Waals surface area contributed by atoms with Gasteiger partial charge in [-0.25, -0.2) is 9.97 Å². The normalized spacial score (nSPS) is 10.4. The van der Waals surface area contributed by atoms with Gasteiger partial charge in [0.25, 0.3) is 0 Å². The van der Waals surface area contributed by atoms with Gasteiger partial charge in [0.05, 0.1) is 0 Å². The Kier molecular flexibility index (Phi) is 6.52. The highest BCUT2D eigenvalue weighted by molar-refractivity contribution is 7.98. The average Bonchev–Trinajstić information content (AvgIpc) is 2.28. The molecule has 0 aliphatic heterocycles. The van der Waals surface area contributed by atoms with Gasteiger partial charge in [-0.05, 0) is 19.1 Å². The van der Waals surface area contributed by atoms with Gasteiger partial charge in [0, 0.05) is 26.3 Å². The summed E-state index contributed by atoms with van der Waals surface area (Å²) in [4.78, 5) is 8.36. The number of methoxy groups -OCH3 is 1. The number of anilines is 1. The zero-order valence-electron chi connectivity index (χ0n) is 9.49. The largest absolute Gasteiger partial charge is 0.385 e. The van der Waals surface area contributed by atoms with E-state index < -0.39 is 0 Å². The molecule has 0 amide bonds. The number of ether oxygens (including phenoxy) is 1. The molecule has 0 fully saturated rings. The highest BCUT2D eigenvalue weighted by Gasteiger charge is 2.01. The lowest BCUT2D eigenvalue weighted by molar-refractivity contribution is 0.194. The summed E-state index contributed by atoms with van der Waals surface area (Å²) in [6.45, 7) is 1.66. The number of hydrogen-bond acceptors (Lipinski definition) is 5. The maximum atomic E-state index is 5.87. The zero-order valence-corrected chi connectivity index (χ0v) is 11.1. The Bertz CT molecular complexity index is 325. The van der Waals surface area contributed by atoms with Crippen LogP contribution >= 0.6 is 23.4 Å². The summed E-state index contributed by atoms with van der Waals surface area (Å²) >= 11 is 7.34. The minimum Gasteiger partial charge on any atom is -0.385 e. The Balaban J connectivity index is 2.38. The molecule has 1 heterocycles. The van der Waals surface area contributed by atoms with Crippen LogP contribution in [0.15, 0.2) is 11.2 Å². The summed E-state index contributed by atoms with van der Waals surface area (Å²) in [5.41, 5.74) is 0. The number of hydrogen-bond donors (Lipinski definition) is 1. The van der Waals surface area contributed by atoms with Gasteiger partial charge in [0.1, 0.15) is 11.0 Å². The topological polar surface area (TPSA) is 47.0 Å². The van der Waals surface area contributed by atoms with Gasteiger partial charge in [-0.3, -0.25) is 0 Å². The molecule has 0 aromatic carbocycles. The van der Waals surface area contributed by atoms with Crippen molar-refractivity contribution in [3.63, 3.8) is 0 Å². The van der Waals surface area contributed by atoms with E-state index in [0.29, 0.717) is 10.3 Å². The van der Waals surface area contributed by atoms with E-state index in [1.807, 2.05) is 6.26 Å². The summed E-state index contributed by atoms with van der Waals surface area (Å²) in [5, 5.41) is 4.37. The molecule has 1 rings (SSSR count). The molecule has 0 radical (unpaired) electrons. The van der Waals surface area contributed by atoms with Gasteiger partial charge in [0.2, 0.25) is 0 Å². The van der Waals surface area contributed by atoms with Crippen molar-refractivity contribution < 1.29 is 4.74 Å². The van der Waals surface area contributed by atoms with E-state index in [0.717, 1.165) is 31.8 Å². The van der Waals surface area contributed by atoms with Gasteiger partial charge in [-0.2, -0.15) is 0 Å². The van der Waals surface area contributed by atoms with E-state index in [2.05, 4.69) is 15.3 Å². The minimum atomic E-state index is 0.471. The monoisotopic (exact) mass is 261 g/mol. The fourth-order valence-corrected chi connectivity index (χ4v) is 1.78. The van der Waals surface area contributed by atoms with Gasteiger partial charge in [-0.1, -0.05) is 23.4 Å². The van der Waals surface area contributed by atoms with Gasteiger partial charge in [-0.15, -0.1) is 0 Å². The number of halogens is 1. The summed E-state index contributed by atoms with van der Waals surface area (Å²) < 4.78 is 4.97. The van der Waals surface area contributed by atoms with E-state index >= 15 is 0 Å². The standard InChI is InChI=1S/C10H16ClN3OS/c1-15-6-4-3-5-12-9-7-8(11)13-10(14-9)16-2/h7H,3-6H2,1-2H3,(H,12,13,14). The highest BCUT2D eigenvalue weighted by atomic mass is 35.5. The van der Waals surface area contributed by atoms with Crippen molar-refractivity contribution in [3.05, 3.63) is 11.2 Å². The second-order valence-electron chi connectivity index (χ2n) is 3.19. The van der Waals surface area contributed by atoms with E-state index in [1.165, 1.54) is 11.8 Å². The molecular formula is C10H16ClN3OS. The van der Waals surface area contributed by atoms with Gasteiger partial charge in [0.15, 0.2) is 5.16 Å². The molecule has 0 atom stereocenters. The van der Waals surface area contributed by atoms with Crippen LogP contribution < -0.4 is 5.32 Å². The van der Waals surface area contributed by atoms with Gasteiger partial charge >= 0.3 is 0 Å². The van der Waals surface area contributed by atoms with Crippen molar-refractivity contribution in [2.24, 2.45) is 0 Å². The molecule has 0 aliphatic rings.